The van der Waals surface area contributed by atoms with E-state index in [1.165, 1.54) is 0 Å². The molecule has 2 N–H and O–H groups in total. The van der Waals surface area contributed by atoms with Crippen LogP contribution in [0.15, 0.2) is 0 Å². The molecule has 6 nitrogen and oxygen atoms in total. The van der Waals surface area contributed by atoms with Crippen LogP contribution in [0.2, 0.25) is 0 Å². The molecule has 0 spiro atoms. The Labute approximate surface area is 126 Å². The quantitative estimate of drug-likeness (QED) is 0.731. The maximum absolute atomic E-state index is 11.9. The second-order valence-electron chi connectivity index (χ2n) is 5.37. The first kappa shape index (κ1) is 17.2. The lowest BCUT2D eigenvalue weighted by atomic mass is 10.2. The molecule has 2 aliphatic rings. The number of rotatable bonds is 4. The number of nitrogens with one attached hydrogen (secondary N) is 2. The lowest BCUT2D eigenvalue weighted by molar-refractivity contribution is -0.132. The zero-order chi connectivity index (χ0) is 13.7. The van der Waals surface area contributed by atoms with Crippen molar-refractivity contribution in [3.05, 3.63) is 0 Å². The highest BCUT2D eigenvalue weighted by Crippen LogP contribution is 2.05. The smallest absolute Gasteiger partial charge is 0.237 e. The maximum atomic E-state index is 11.9. The first-order valence-corrected chi connectivity index (χ1v) is 7.14. The number of carbonyl (C=O) groups excluding carboxylic acids is 2. The van der Waals surface area contributed by atoms with Gasteiger partial charge in [0, 0.05) is 39.1 Å². The molecule has 0 saturated carbocycles. The first-order chi connectivity index (χ1) is 9.16. The van der Waals surface area contributed by atoms with Gasteiger partial charge in [0.05, 0.1) is 6.04 Å². The van der Waals surface area contributed by atoms with Gasteiger partial charge in [-0.2, -0.15) is 0 Å². The molecule has 0 aromatic heterocycles. The van der Waals surface area contributed by atoms with E-state index < -0.39 is 0 Å². The van der Waals surface area contributed by atoms with Crippen molar-refractivity contribution in [3.63, 3.8) is 0 Å². The Morgan fingerprint density at radius 1 is 1.25 bits per heavy atom. The third-order valence-electron chi connectivity index (χ3n) is 3.87. The Hall–Kier alpha value is -0.850. The van der Waals surface area contributed by atoms with E-state index in [1.54, 1.807) is 0 Å². The number of nitrogens with zero attached hydrogens (tertiary/aromatic N) is 2. The predicted octanol–water partition coefficient (Wildman–Crippen LogP) is -0.559. The van der Waals surface area contributed by atoms with Gasteiger partial charge in [0.2, 0.25) is 11.8 Å². The van der Waals surface area contributed by atoms with Gasteiger partial charge >= 0.3 is 0 Å². The summed E-state index contributed by atoms with van der Waals surface area (Å²) in [5.41, 5.74) is 0. The van der Waals surface area contributed by atoms with E-state index in [0.717, 1.165) is 45.6 Å². The van der Waals surface area contributed by atoms with Crippen LogP contribution in [0.3, 0.4) is 0 Å². The second-order valence-corrected chi connectivity index (χ2v) is 5.37. The zero-order valence-corrected chi connectivity index (χ0v) is 12.9. The molecule has 0 bridgehead atoms. The summed E-state index contributed by atoms with van der Waals surface area (Å²) in [6.45, 7) is 4.83. The molecule has 0 aromatic carbocycles. The summed E-state index contributed by atoms with van der Waals surface area (Å²) < 4.78 is 0. The van der Waals surface area contributed by atoms with Crippen molar-refractivity contribution in [2.24, 2.45) is 0 Å². The Morgan fingerprint density at radius 2 is 1.95 bits per heavy atom. The van der Waals surface area contributed by atoms with Gasteiger partial charge in [0.25, 0.3) is 0 Å². The fourth-order valence-electron chi connectivity index (χ4n) is 2.54. The van der Waals surface area contributed by atoms with E-state index in [2.05, 4.69) is 22.6 Å². The highest BCUT2D eigenvalue weighted by Gasteiger charge is 2.22. The number of likely N-dealkylation sites (N-methyl/N-ethyl adjacent to an activating group) is 1. The molecule has 2 heterocycles. The van der Waals surface area contributed by atoms with E-state index in [1.807, 2.05) is 4.90 Å². The number of piperazine rings is 1. The lowest BCUT2D eigenvalue weighted by Gasteiger charge is -2.32. The van der Waals surface area contributed by atoms with E-state index in [4.69, 9.17) is 0 Å². The molecule has 2 saturated heterocycles. The van der Waals surface area contributed by atoms with E-state index in [-0.39, 0.29) is 30.3 Å². The van der Waals surface area contributed by atoms with Crippen molar-refractivity contribution in [3.8, 4) is 0 Å². The van der Waals surface area contributed by atoms with Gasteiger partial charge in [0.15, 0.2) is 0 Å². The highest BCUT2D eigenvalue weighted by atomic mass is 35.5. The van der Waals surface area contributed by atoms with E-state index in [0.29, 0.717) is 13.0 Å². The molecule has 0 radical (unpaired) electrons. The normalized spacial score (nSPS) is 23.2. The van der Waals surface area contributed by atoms with Gasteiger partial charge in [-0.3, -0.25) is 9.59 Å². The highest BCUT2D eigenvalue weighted by molar-refractivity contribution is 5.85. The number of halogens is 1. The second kappa shape index (κ2) is 8.44. The average Bonchev–Trinajstić information content (AvgIpc) is 2.93. The van der Waals surface area contributed by atoms with Crippen molar-refractivity contribution in [1.29, 1.82) is 0 Å². The largest absolute Gasteiger partial charge is 0.354 e. The predicted molar refractivity (Wildman–Crippen MR) is 80.0 cm³/mol. The van der Waals surface area contributed by atoms with Gasteiger partial charge in [-0.1, -0.05) is 0 Å². The monoisotopic (exact) mass is 304 g/mol. The van der Waals surface area contributed by atoms with Crippen LogP contribution in [0.25, 0.3) is 0 Å². The van der Waals surface area contributed by atoms with Crippen molar-refractivity contribution in [2.75, 3.05) is 46.3 Å². The molecule has 20 heavy (non-hydrogen) atoms. The SMILES string of the molecule is CN1CCN(C(=O)CCNC(=O)C2CCCN2)CC1.Cl. The number of hydrogen-bond donors (Lipinski definition) is 2. The molecule has 116 valence electrons. The van der Waals surface area contributed by atoms with Crippen molar-refractivity contribution >= 4 is 24.2 Å². The molecular formula is C13H25ClN4O2. The van der Waals surface area contributed by atoms with Crippen LogP contribution in [0.4, 0.5) is 0 Å². The fourth-order valence-corrected chi connectivity index (χ4v) is 2.54. The minimum atomic E-state index is -0.0567. The van der Waals surface area contributed by atoms with Crippen LogP contribution in [0.5, 0.6) is 0 Å². The molecular weight excluding hydrogens is 280 g/mol. The number of carbonyl (C=O) groups is 2. The summed E-state index contributed by atoms with van der Waals surface area (Å²) in [6, 6.07) is -0.0567. The van der Waals surface area contributed by atoms with Crippen LogP contribution < -0.4 is 10.6 Å². The summed E-state index contributed by atoms with van der Waals surface area (Å²) >= 11 is 0. The molecule has 1 unspecified atom stereocenters. The Balaban J connectivity index is 0.00000200. The Morgan fingerprint density at radius 3 is 2.55 bits per heavy atom. The van der Waals surface area contributed by atoms with Gasteiger partial charge in [-0.15, -0.1) is 12.4 Å². The molecule has 2 amide bonds. The summed E-state index contributed by atoms with van der Waals surface area (Å²) in [7, 11) is 2.07. The summed E-state index contributed by atoms with van der Waals surface area (Å²) in [5.74, 6) is 0.177. The van der Waals surface area contributed by atoms with Crippen molar-refractivity contribution in [1.82, 2.24) is 20.4 Å². The van der Waals surface area contributed by atoms with Gasteiger partial charge in [-0.25, -0.2) is 0 Å². The molecule has 7 heteroatoms. The van der Waals surface area contributed by atoms with Crippen LogP contribution in [-0.4, -0.2) is 74.0 Å². The maximum Gasteiger partial charge on any atom is 0.237 e. The van der Waals surface area contributed by atoms with Crippen LogP contribution in [-0.2, 0) is 9.59 Å². The van der Waals surface area contributed by atoms with E-state index in [9.17, 15) is 9.59 Å². The Kier molecular flexibility index (Phi) is 7.26. The summed E-state index contributed by atoms with van der Waals surface area (Å²) in [6.07, 6.45) is 2.36. The summed E-state index contributed by atoms with van der Waals surface area (Å²) in [4.78, 5) is 27.8. The zero-order valence-electron chi connectivity index (χ0n) is 12.1. The molecule has 2 rings (SSSR count). The van der Waals surface area contributed by atoms with Gasteiger partial charge in [-0.05, 0) is 26.4 Å². The van der Waals surface area contributed by atoms with Gasteiger partial charge in [0.1, 0.15) is 0 Å². The van der Waals surface area contributed by atoms with Crippen molar-refractivity contribution < 1.29 is 9.59 Å². The number of amides is 2. The molecule has 0 aliphatic carbocycles. The van der Waals surface area contributed by atoms with Crippen molar-refractivity contribution in [2.45, 2.75) is 25.3 Å². The minimum absolute atomic E-state index is 0. The van der Waals surface area contributed by atoms with E-state index >= 15 is 0 Å². The minimum Gasteiger partial charge on any atom is -0.354 e. The molecule has 0 aromatic rings. The fraction of sp³-hybridized carbons (Fsp3) is 0.846. The van der Waals surface area contributed by atoms with Crippen LogP contribution >= 0.6 is 12.4 Å². The van der Waals surface area contributed by atoms with Gasteiger partial charge < -0.3 is 20.4 Å². The standard InChI is InChI=1S/C13H24N4O2.ClH/c1-16-7-9-17(10-8-16)12(18)4-6-15-13(19)11-3-2-5-14-11;/h11,14H,2-10H2,1H3,(H,15,19);1H. The molecule has 1 atom stereocenters. The number of hydrogen-bond acceptors (Lipinski definition) is 4. The lowest BCUT2D eigenvalue weighted by Crippen LogP contribution is -2.48. The third kappa shape index (κ3) is 4.92. The molecule has 2 fully saturated rings. The third-order valence-corrected chi connectivity index (χ3v) is 3.87. The van der Waals surface area contributed by atoms with Crippen LogP contribution in [0.1, 0.15) is 19.3 Å². The van der Waals surface area contributed by atoms with Crippen LogP contribution in [0, 0.1) is 0 Å². The molecule has 2 aliphatic heterocycles. The Bertz CT molecular complexity index is 326. The first-order valence-electron chi connectivity index (χ1n) is 7.14. The topological polar surface area (TPSA) is 64.7 Å². The summed E-state index contributed by atoms with van der Waals surface area (Å²) in [5, 5.41) is 5.99. The average molecular weight is 305 g/mol.